The highest BCUT2D eigenvalue weighted by molar-refractivity contribution is 6.46. The highest BCUT2D eigenvalue weighted by atomic mass is 35.5. The van der Waals surface area contributed by atoms with Crippen molar-refractivity contribution in [2.24, 2.45) is 0 Å². The van der Waals surface area contributed by atoms with Gasteiger partial charge >= 0.3 is 0 Å². The van der Waals surface area contributed by atoms with Crippen molar-refractivity contribution in [3.63, 3.8) is 0 Å². The largest absolute Gasteiger partial charge is 0.494 e. The van der Waals surface area contributed by atoms with E-state index in [2.05, 4.69) is 5.32 Å². The van der Waals surface area contributed by atoms with Gasteiger partial charge in [-0.2, -0.15) is 0 Å². The minimum atomic E-state index is -0.426. The Kier molecular flexibility index (Phi) is 6.01. The molecule has 4 rings (SSSR count). The SMILES string of the molecule is CCOc1ccc(NC2=C(c3ccc(C)cc3)C(=O)N(c3cccc(Cl)c3C)C2=O)cc1. The first kappa shape index (κ1) is 21.7. The number of nitrogens with one attached hydrogen (secondary N) is 1. The zero-order chi connectivity index (χ0) is 22.8. The first-order valence-corrected chi connectivity index (χ1v) is 10.7. The average molecular weight is 447 g/mol. The van der Waals surface area contributed by atoms with Gasteiger partial charge in [-0.3, -0.25) is 9.59 Å². The lowest BCUT2D eigenvalue weighted by molar-refractivity contribution is -0.120. The minimum absolute atomic E-state index is 0.224. The summed E-state index contributed by atoms with van der Waals surface area (Å²) in [6, 6.07) is 20.0. The summed E-state index contributed by atoms with van der Waals surface area (Å²) in [5.41, 5.74) is 4.10. The number of hydrogen-bond acceptors (Lipinski definition) is 4. The predicted octanol–water partition coefficient (Wildman–Crippen LogP) is 5.75. The molecule has 0 atom stereocenters. The summed E-state index contributed by atoms with van der Waals surface area (Å²) in [7, 11) is 0. The Hall–Kier alpha value is -3.57. The second kappa shape index (κ2) is 8.89. The topological polar surface area (TPSA) is 58.6 Å². The molecule has 0 unspecified atom stereocenters. The van der Waals surface area contributed by atoms with Crippen LogP contribution in [0.3, 0.4) is 0 Å². The molecule has 1 aliphatic rings. The van der Waals surface area contributed by atoms with Crippen LogP contribution >= 0.6 is 11.6 Å². The first-order chi connectivity index (χ1) is 15.4. The molecule has 3 aromatic rings. The van der Waals surface area contributed by atoms with Gasteiger partial charge in [0.25, 0.3) is 11.8 Å². The van der Waals surface area contributed by atoms with Gasteiger partial charge in [-0.1, -0.05) is 47.5 Å². The fourth-order valence-electron chi connectivity index (χ4n) is 3.64. The summed E-state index contributed by atoms with van der Waals surface area (Å²) in [4.78, 5) is 28.3. The van der Waals surface area contributed by atoms with Crippen LogP contribution in [0.25, 0.3) is 5.57 Å². The molecule has 0 aliphatic carbocycles. The van der Waals surface area contributed by atoms with Crippen LogP contribution in [0, 0.1) is 13.8 Å². The molecule has 0 saturated heterocycles. The van der Waals surface area contributed by atoms with Crippen molar-refractivity contribution in [2.45, 2.75) is 20.8 Å². The monoisotopic (exact) mass is 446 g/mol. The van der Waals surface area contributed by atoms with Gasteiger partial charge in [-0.25, -0.2) is 4.90 Å². The van der Waals surface area contributed by atoms with E-state index >= 15 is 0 Å². The summed E-state index contributed by atoms with van der Waals surface area (Å²) in [6.45, 7) is 6.25. The van der Waals surface area contributed by atoms with Gasteiger partial charge in [-0.15, -0.1) is 0 Å². The number of anilines is 2. The molecule has 0 radical (unpaired) electrons. The van der Waals surface area contributed by atoms with E-state index in [0.717, 1.165) is 11.3 Å². The average Bonchev–Trinajstić information content (AvgIpc) is 3.02. The lowest BCUT2D eigenvalue weighted by Crippen LogP contribution is -2.33. The molecule has 0 bridgehead atoms. The van der Waals surface area contributed by atoms with Crippen LogP contribution in [-0.4, -0.2) is 18.4 Å². The Morgan fingerprint density at radius 2 is 1.59 bits per heavy atom. The van der Waals surface area contributed by atoms with Crippen molar-refractivity contribution in [3.8, 4) is 5.75 Å². The molecule has 1 aliphatic heterocycles. The second-order valence-corrected chi connectivity index (χ2v) is 7.94. The molecule has 5 nitrogen and oxygen atoms in total. The Labute approximate surface area is 192 Å². The molecule has 6 heteroatoms. The third-order valence-corrected chi connectivity index (χ3v) is 5.75. The highest BCUT2D eigenvalue weighted by Crippen LogP contribution is 2.36. The maximum Gasteiger partial charge on any atom is 0.282 e. The molecule has 0 saturated carbocycles. The number of aryl methyl sites for hydroxylation is 1. The number of rotatable bonds is 6. The second-order valence-electron chi connectivity index (χ2n) is 7.53. The van der Waals surface area contributed by atoms with Crippen molar-refractivity contribution in [2.75, 3.05) is 16.8 Å². The van der Waals surface area contributed by atoms with Crippen LogP contribution in [0.5, 0.6) is 5.75 Å². The van der Waals surface area contributed by atoms with Crippen molar-refractivity contribution >= 4 is 40.4 Å². The van der Waals surface area contributed by atoms with E-state index in [-0.39, 0.29) is 5.70 Å². The number of amides is 2. The van der Waals surface area contributed by atoms with Crippen molar-refractivity contribution in [1.29, 1.82) is 0 Å². The number of nitrogens with zero attached hydrogens (tertiary/aromatic N) is 1. The van der Waals surface area contributed by atoms with Gasteiger partial charge in [-0.05, 0) is 68.3 Å². The van der Waals surface area contributed by atoms with E-state index < -0.39 is 11.8 Å². The molecule has 0 spiro atoms. The molecule has 1 N–H and O–H groups in total. The molecular weight excluding hydrogens is 424 g/mol. The molecular formula is C26H23ClN2O3. The van der Waals surface area contributed by atoms with Gasteiger partial charge in [0.1, 0.15) is 11.4 Å². The van der Waals surface area contributed by atoms with E-state index in [1.54, 1.807) is 25.1 Å². The van der Waals surface area contributed by atoms with Crippen LogP contribution in [0.15, 0.2) is 72.4 Å². The third kappa shape index (κ3) is 3.99. The van der Waals surface area contributed by atoms with Crippen LogP contribution < -0.4 is 15.0 Å². The van der Waals surface area contributed by atoms with Crippen molar-refractivity contribution in [3.05, 3.63) is 94.1 Å². The summed E-state index contributed by atoms with van der Waals surface area (Å²) < 4.78 is 5.49. The fraction of sp³-hybridized carbons (Fsp3) is 0.154. The fourth-order valence-corrected chi connectivity index (χ4v) is 3.81. The Morgan fingerprint density at radius 3 is 2.25 bits per heavy atom. The number of halogens is 1. The zero-order valence-corrected chi connectivity index (χ0v) is 18.9. The standard InChI is InChI=1S/C26H23ClN2O3/c1-4-32-20-14-12-19(13-15-20)28-24-23(18-10-8-16(2)9-11-18)25(30)29(26(24)31)22-7-5-6-21(27)17(22)3/h5-15,28H,4H2,1-3H3. The van der Waals surface area contributed by atoms with Crippen molar-refractivity contribution in [1.82, 2.24) is 0 Å². The molecule has 0 fully saturated rings. The Bertz CT molecular complexity index is 1210. The zero-order valence-electron chi connectivity index (χ0n) is 18.1. The smallest absolute Gasteiger partial charge is 0.282 e. The number of carbonyl (C=O) groups is 2. The molecule has 2 amide bonds. The van der Waals surface area contributed by atoms with E-state index in [1.165, 1.54) is 4.90 Å². The molecule has 1 heterocycles. The molecule has 0 aromatic heterocycles. The van der Waals surface area contributed by atoms with Crippen LogP contribution in [0.4, 0.5) is 11.4 Å². The summed E-state index contributed by atoms with van der Waals surface area (Å²) in [5, 5.41) is 3.66. The highest BCUT2D eigenvalue weighted by Gasteiger charge is 2.41. The normalized spacial score (nSPS) is 13.7. The lowest BCUT2D eigenvalue weighted by atomic mass is 10.0. The van der Waals surface area contributed by atoms with Gasteiger partial charge in [0, 0.05) is 10.7 Å². The maximum atomic E-state index is 13.5. The van der Waals surface area contributed by atoms with E-state index in [9.17, 15) is 9.59 Å². The van der Waals surface area contributed by atoms with Crippen LogP contribution in [0.2, 0.25) is 5.02 Å². The van der Waals surface area contributed by atoms with E-state index in [1.807, 2.05) is 62.4 Å². The number of hydrogen-bond donors (Lipinski definition) is 1. The molecule has 32 heavy (non-hydrogen) atoms. The van der Waals surface area contributed by atoms with E-state index in [0.29, 0.717) is 39.7 Å². The van der Waals surface area contributed by atoms with Gasteiger partial charge in [0.15, 0.2) is 0 Å². The minimum Gasteiger partial charge on any atom is -0.494 e. The number of carbonyl (C=O) groups excluding carboxylic acids is 2. The first-order valence-electron chi connectivity index (χ1n) is 10.4. The summed E-state index contributed by atoms with van der Waals surface area (Å²) in [5.74, 6) is -0.0849. The Morgan fingerprint density at radius 1 is 0.906 bits per heavy atom. The maximum absolute atomic E-state index is 13.5. The molecule has 162 valence electrons. The quantitative estimate of drug-likeness (QED) is 0.489. The number of benzene rings is 3. The number of imide groups is 1. The summed E-state index contributed by atoms with van der Waals surface area (Å²) in [6.07, 6.45) is 0. The van der Waals surface area contributed by atoms with Gasteiger partial charge in [0.05, 0.1) is 17.9 Å². The van der Waals surface area contributed by atoms with Crippen molar-refractivity contribution < 1.29 is 14.3 Å². The summed E-state index contributed by atoms with van der Waals surface area (Å²) >= 11 is 6.27. The van der Waals surface area contributed by atoms with Crippen LogP contribution in [0.1, 0.15) is 23.6 Å². The van der Waals surface area contributed by atoms with Gasteiger partial charge < -0.3 is 10.1 Å². The Balaban J connectivity index is 1.79. The number of ether oxygens (including phenoxy) is 1. The van der Waals surface area contributed by atoms with Gasteiger partial charge in [0.2, 0.25) is 0 Å². The third-order valence-electron chi connectivity index (χ3n) is 5.34. The van der Waals surface area contributed by atoms with E-state index in [4.69, 9.17) is 16.3 Å². The van der Waals surface area contributed by atoms with Crippen LogP contribution in [-0.2, 0) is 9.59 Å². The molecule has 3 aromatic carbocycles. The predicted molar refractivity (Wildman–Crippen MR) is 128 cm³/mol. The lowest BCUT2D eigenvalue weighted by Gasteiger charge is -2.18.